The molecule has 0 radical (unpaired) electrons. The number of nitrogens with one attached hydrogen (secondary N) is 1. The predicted octanol–water partition coefficient (Wildman–Crippen LogP) is 4.70. The second kappa shape index (κ2) is 9.12. The van der Waals surface area contributed by atoms with Gasteiger partial charge in [-0.25, -0.2) is 9.97 Å². The summed E-state index contributed by atoms with van der Waals surface area (Å²) in [5.41, 5.74) is 4.32. The maximum Gasteiger partial charge on any atom is 0.200 e. The Hall–Kier alpha value is -3.36. The average molecular weight is 477 g/mol. The van der Waals surface area contributed by atoms with E-state index in [1.807, 2.05) is 38.1 Å². The lowest BCUT2D eigenvalue weighted by Gasteiger charge is -2.35. The van der Waals surface area contributed by atoms with E-state index in [9.17, 15) is 4.79 Å². The SMILES string of the molecule is Cc1noc(C)c1-c1ccc2nc(C(=O)CC3CN(C)C3)nc(NCc3cncc(Cl)c3)c2c1. The largest absolute Gasteiger partial charge is 0.365 e. The summed E-state index contributed by atoms with van der Waals surface area (Å²) in [6.07, 6.45) is 3.79. The monoisotopic (exact) mass is 476 g/mol. The van der Waals surface area contributed by atoms with Crippen LogP contribution in [0.5, 0.6) is 0 Å². The van der Waals surface area contributed by atoms with Gasteiger partial charge in [-0.15, -0.1) is 0 Å². The summed E-state index contributed by atoms with van der Waals surface area (Å²) in [4.78, 5) is 28.6. The van der Waals surface area contributed by atoms with Gasteiger partial charge in [-0.05, 0) is 56.1 Å². The van der Waals surface area contributed by atoms with E-state index in [0.29, 0.717) is 35.2 Å². The van der Waals surface area contributed by atoms with Crippen LogP contribution in [0.4, 0.5) is 5.82 Å². The van der Waals surface area contributed by atoms with E-state index < -0.39 is 0 Å². The van der Waals surface area contributed by atoms with Crippen molar-refractivity contribution in [2.75, 3.05) is 25.5 Å². The van der Waals surface area contributed by atoms with Gasteiger partial charge in [-0.1, -0.05) is 22.8 Å². The summed E-state index contributed by atoms with van der Waals surface area (Å²) in [6.45, 7) is 6.11. The molecule has 174 valence electrons. The summed E-state index contributed by atoms with van der Waals surface area (Å²) in [5.74, 6) is 1.89. The molecule has 4 heterocycles. The molecule has 0 aliphatic carbocycles. The second-order valence-corrected chi connectivity index (χ2v) is 9.34. The van der Waals surface area contributed by atoms with Crippen molar-refractivity contribution in [3.05, 3.63) is 64.5 Å². The Bertz CT molecular complexity index is 1360. The molecular formula is C25H25ClN6O2. The number of rotatable bonds is 7. The number of carbonyl (C=O) groups is 1. The third kappa shape index (κ3) is 4.51. The molecule has 1 N–H and O–H groups in total. The molecule has 8 nitrogen and oxygen atoms in total. The predicted molar refractivity (Wildman–Crippen MR) is 131 cm³/mol. The molecule has 0 amide bonds. The minimum absolute atomic E-state index is 0.0396. The molecule has 0 saturated carbocycles. The van der Waals surface area contributed by atoms with E-state index in [0.717, 1.165) is 46.6 Å². The molecule has 4 aromatic rings. The van der Waals surface area contributed by atoms with Gasteiger partial charge < -0.3 is 14.7 Å². The van der Waals surface area contributed by atoms with Crippen molar-refractivity contribution >= 4 is 34.1 Å². The average Bonchev–Trinajstić information content (AvgIpc) is 3.13. The first-order chi connectivity index (χ1) is 16.4. The van der Waals surface area contributed by atoms with Crippen LogP contribution in [0.1, 0.15) is 34.1 Å². The summed E-state index contributed by atoms with van der Waals surface area (Å²) in [5, 5.41) is 8.82. The fraction of sp³-hybridized carbons (Fsp3) is 0.320. The van der Waals surface area contributed by atoms with Gasteiger partial charge in [0, 0.05) is 49.4 Å². The summed E-state index contributed by atoms with van der Waals surface area (Å²) < 4.78 is 5.36. The van der Waals surface area contributed by atoms with Crippen molar-refractivity contribution in [3.63, 3.8) is 0 Å². The minimum Gasteiger partial charge on any atom is -0.365 e. The fourth-order valence-electron chi connectivity index (χ4n) is 4.49. The number of hydrogen-bond donors (Lipinski definition) is 1. The van der Waals surface area contributed by atoms with E-state index in [1.165, 1.54) is 0 Å². The second-order valence-electron chi connectivity index (χ2n) is 8.91. The highest BCUT2D eigenvalue weighted by molar-refractivity contribution is 6.30. The number of nitrogens with zero attached hydrogens (tertiary/aromatic N) is 5. The lowest BCUT2D eigenvalue weighted by molar-refractivity contribution is 0.0826. The molecule has 1 aliphatic heterocycles. The molecule has 3 aromatic heterocycles. The molecule has 34 heavy (non-hydrogen) atoms. The quantitative estimate of drug-likeness (QED) is 0.383. The third-order valence-electron chi connectivity index (χ3n) is 6.10. The lowest BCUT2D eigenvalue weighted by atomic mass is 9.94. The summed E-state index contributed by atoms with van der Waals surface area (Å²) in [6, 6.07) is 7.74. The van der Waals surface area contributed by atoms with Gasteiger partial charge in [0.2, 0.25) is 5.78 Å². The van der Waals surface area contributed by atoms with E-state index in [1.54, 1.807) is 12.4 Å². The number of benzene rings is 1. The molecule has 1 aromatic carbocycles. The standard InChI is InChI=1S/C25H25ClN6O2/c1-14-23(15(2)34-31-14)18-4-5-21-20(8-18)24(28-10-16-6-19(26)11-27-9-16)30-25(29-21)22(33)7-17-12-32(3)13-17/h4-6,8-9,11,17H,7,10,12-13H2,1-3H3,(H,28,29,30). The molecule has 1 aliphatic rings. The van der Waals surface area contributed by atoms with Gasteiger partial charge >= 0.3 is 0 Å². The highest BCUT2D eigenvalue weighted by atomic mass is 35.5. The van der Waals surface area contributed by atoms with Crippen molar-refractivity contribution in [3.8, 4) is 11.1 Å². The first kappa shape index (κ1) is 22.4. The summed E-state index contributed by atoms with van der Waals surface area (Å²) >= 11 is 6.10. The minimum atomic E-state index is -0.0396. The van der Waals surface area contributed by atoms with Crippen molar-refractivity contribution in [1.29, 1.82) is 0 Å². The molecule has 0 atom stereocenters. The number of hydrogen-bond acceptors (Lipinski definition) is 8. The number of pyridine rings is 1. The molecule has 0 bridgehead atoms. The van der Waals surface area contributed by atoms with Gasteiger partial charge in [-0.2, -0.15) is 0 Å². The number of halogens is 1. The highest BCUT2D eigenvalue weighted by Gasteiger charge is 2.27. The molecule has 1 saturated heterocycles. The van der Waals surface area contributed by atoms with Crippen LogP contribution in [0, 0.1) is 19.8 Å². The van der Waals surface area contributed by atoms with Crippen molar-refractivity contribution < 1.29 is 9.32 Å². The number of anilines is 1. The number of likely N-dealkylation sites (tertiary alicyclic amines) is 1. The fourth-order valence-corrected chi connectivity index (χ4v) is 4.68. The number of carbonyl (C=O) groups excluding carboxylic acids is 1. The molecule has 1 fully saturated rings. The molecular weight excluding hydrogens is 452 g/mol. The Balaban J connectivity index is 1.53. The lowest BCUT2D eigenvalue weighted by Crippen LogP contribution is -2.44. The first-order valence-corrected chi connectivity index (χ1v) is 11.6. The molecule has 9 heteroatoms. The maximum absolute atomic E-state index is 13.0. The number of aromatic nitrogens is 4. The Morgan fingerprint density at radius 1 is 1.21 bits per heavy atom. The van der Waals surface area contributed by atoms with Crippen LogP contribution in [0.15, 0.2) is 41.2 Å². The Kier molecular flexibility index (Phi) is 6.02. The third-order valence-corrected chi connectivity index (χ3v) is 6.31. The zero-order valence-corrected chi connectivity index (χ0v) is 20.1. The van der Waals surface area contributed by atoms with Crippen LogP contribution < -0.4 is 5.32 Å². The van der Waals surface area contributed by atoms with Gasteiger partial charge in [0.1, 0.15) is 11.6 Å². The smallest absolute Gasteiger partial charge is 0.200 e. The normalized spacial score (nSPS) is 14.4. The van der Waals surface area contributed by atoms with Gasteiger partial charge in [0.25, 0.3) is 0 Å². The zero-order chi connectivity index (χ0) is 23.8. The Morgan fingerprint density at radius 3 is 2.74 bits per heavy atom. The highest BCUT2D eigenvalue weighted by Crippen LogP contribution is 2.32. The number of aryl methyl sites for hydroxylation is 2. The van der Waals surface area contributed by atoms with Crippen LogP contribution in [0.2, 0.25) is 5.02 Å². The van der Waals surface area contributed by atoms with Gasteiger partial charge in [0.05, 0.1) is 16.2 Å². The van der Waals surface area contributed by atoms with Crippen molar-refractivity contribution in [2.45, 2.75) is 26.8 Å². The van der Waals surface area contributed by atoms with Crippen molar-refractivity contribution in [1.82, 2.24) is 25.0 Å². The Morgan fingerprint density at radius 2 is 2.03 bits per heavy atom. The van der Waals surface area contributed by atoms with Crippen molar-refractivity contribution in [2.24, 2.45) is 5.92 Å². The Labute approximate surface area is 202 Å². The van der Waals surface area contributed by atoms with Crippen LogP contribution in [0.3, 0.4) is 0 Å². The van der Waals surface area contributed by atoms with E-state index in [-0.39, 0.29) is 11.6 Å². The number of ketones is 1. The maximum atomic E-state index is 13.0. The van der Waals surface area contributed by atoms with Gasteiger partial charge in [-0.3, -0.25) is 9.78 Å². The number of Topliss-reactive ketones (excluding diaryl/α,β-unsaturated/α-hetero) is 1. The zero-order valence-electron chi connectivity index (χ0n) is 19.3. The van der Waals surface area contributed by atoms with Crippen LogP contribution in [-0.2, 0) is 6.54 Å². The first-order valence-electron chi connectivity index (χ1n) is 11.2. The topological polar surface area (TPSA) is 97.0 Å². The van der Waals surface area contributed by atoms with Crippen LogP contribution >= 0.6 is 11.6 Å². The number of fused-ring (bicyclic) bond motifs is 1. The molecule has 0 unspecified atom stereocenters. The molecule has 5 rings (SSSR count). The molecule has 0 spiro atoms. The summed E-state index contributed by atoms with van der Waals surface area (Å²) in [7, 11) is 2.05. The van der Waals surface area contributed by atoms with Crippen LogP contribution in [0.25, 0.3) is 22.0 Å². The van der Waals surface area contributed by atoms with E-state index in [2.05, 4.69) is 37.4 Å². The van der Waals surface area contributed by atoms with Gasteiger partial charge in [0.15, 0.2) is 5.82 Å². The van der Waals surface area contributed by atoms with E-state index in [4.69, 9.17) is 16.1 Å². The van der Waals surface area contributed by atoms with E-state index >= 15 is 0 Å². The van der Waals surface area contributed by atoms with Crippen LogP contribution in [-0.4, -0.2) is 50.9 Å².